The van der Waals surface area contributed by atoms with Gasteiger partial charge in [-0.3, -0.25) is 0 Å². The first-order valence-electron chi connectivity index (χ1n) is 5.61. The molecule has 0 amide bonds. The highest BCUT2D eigenvalue weighted by Crippen LogP contribution is 2.33. The predicted octanol–water partition coefficient (Wildman–Crippen LogP) is 1.44. The van der Waals surface area contributed by atoms with Gasteiger partial charge in [0.2, 0.25) is 0 Å². The SMILES string of the molecule is CCCC(C)(N)C1(O)CCCOCC1. The van der Waals surface area contributed by atoms with Crippen molar-refractivity contribution >= 4 is 0 Å². The minimum Gasteiger partial charge on any atom is -0.388 e. The molecule has 1 aliphatic heterocycles. The van der Waals surface area contributed by atoms with Crippen LogP contribution < -0.4 is 5.73 Å². The minimum atomic E-state index is -0.737. The van der Waals surface area contributed by atoms with Gasteiger partial charge in [-0.1, -0.05) is 13.3 Å². The van der Waals surface area contributed by atoms with Crippen LogP contribution in [0.15, 0.2) is 0 Å². The Kier molecular flexibility index (Phi) is 3.93. The third kappa shape index (κ3) is 2.47. The number of aliphatic hydroxyl groups is 1. The molecule has 1 fully saturated rings. The van der Waals surface area contributed by atoms with E-state index in [1.54, 1.807) is 0 Å². The van der Waals surface area contributed by atoms with Crippen LogP contribution in [0.3, 0.4) is 0 Å². The lowest BCUT2D eigenvalue weighted by molar-refractivity contribution is -0.0479. The van der Waals surface area contributed by atoms with E-state index in [2.05, 4.69) is 6.92 Å². The molecular formula is C11H23NO2. The molecule has 0 saturated carbocycles. The molecule has 0 aromatic heterocycles. The van der Waals surface area contributed by atoms with E-state index in [1.807, 2.05) is 6.92 Å². The highest BCUT2D eigenvalue weighted by molar-refractivity contribution is 5.00. The maximum Gasteiger partial charge on any atom is 0.0846 e. The average Bonchev–Trinajstić information content (AvgIpc) is 2.31. The van der Waals surface area contributed by atoms with Crippen molar-refractivity contribution in [2.24, 2.45) is 5.73 Å². The molecule has 2 atom stereocenters. The summed E-state index contributed by atoms with van der Waals surface area (Å²) < 4.78 is 5.35. The van der Waals surface area contributed by atoms with Crippen molar-refractivity contribution in [1.82, 2.24) is 0 Å². The Balaban J connectivity index is 2.68. The molecule has 1 saturated heterocycles. The van der Waals surface area contributed by atoms with Crippen LogP contribution in [0.25, 0.3) is 0 Å². The third-order valence-electron chi connectivity index (χ3n) is 3.37. The molecule has 0 spiro atoms. The van der Waals surface area contributed by atoms with Crippen LogP contribution in [-0.4, -0.2) is 29.5 Å². The fraction of sp³-hybridized carbons (Fsp3) is 1.00. The van der Waals surface area contributed by atoms with Gasteiger partial charge in [-0.25, -0.2) is 0 Å². The lowest BCUT2D eigenvalue weighted by atomic mass is 9.74. The van der Waals surface area contributed by atoms with Gasteiger partial charge < -0.3 is 15.6 Å². The smallest absolute Gasteiger partial charge is 0.0846 e. The molecular weight excluding hydrogens is 178 g/mol. The molecule has 3 heteroatoms. The lowest BCUT2D eigenvalue weighted by Gasteiger charge is -2.42. The summed E-state index contributed by atoms with van der Waals surface area (Å²) in [6.45, 7) is 5.45. The van der Waals surface area contributed by atoms with Gasteiger partial charge in [0.15, 0.2) is 0 Å². The first-order chi connectivity index (χ1) is 6.52. The largest absolute Gasteiger partial charge is 0.388 e. The van der Waals surface area contributed by atoms with E-state index in [-0.39, 0.29) is 0 Å². The molecule has 0 bridgehead atoms. The number of hydrogen-bond donors (Lipinski definition) is 2. The number of ether oxygens (including phenoxy) is 1. The first kappa shape index (κ1) is 12.0. The van der Waals surface area contributed by atoms with Crippen LogP contribution in [0.2, 0.25) is 0 Å². The van der Waals surface area contributed by atoms with E-state index >= 15 is 0 Å². The number of rotatable bonds is 3. The van der Waals surface area contributed by atoms with E-state index in [0.717, 1.165) is 32.3 Å². The Morgan fingerprint density at radius 3 is 2.79 bits per heavy atom. The van der Waals surface area contributed by atoms with Crippen LogP contribution in [0.4, 0.5) is 0 Å². The number of nitrogens with two attached hydrogens (primary N) is 1. The Morgan fingerprint density at radius 1 is 1.43 bits per heavy atom. The van der Waals surface area contributed by atoms with Crippen molar-refractivity contribution in [3.8, 4) is 0 Å². The zero-order chi connectivity index (χ0) is 10.7. The van der Waals surface area contributed by atoms with E-state index < -0.39 is 11.1 Å². The molecule has 1 rings (SSSR count). The third-order valence-corrected chi connectivity index (χ3v) is 3.37. The quantitative estimate of drug-likeness (QED) is 0.726. The van der Waals surface area contributed by atoms with Crippen molar-refractivity contribution in [2.45, 2.75) is 57.1 Å². The highest BCUT2D eigenvalue weighted by Gasteiger charge is 2.43. The van der Waals surface area contributed by atoms with Crippen molar-refractivity contribution in [1.29, 1.82) is 0 Å². The van der Waals surface area contributed by atoms with Crippen molar-refractivity contribution in [3.63, 3.8) is 0 Å². The van der Waals surface area contributed by atoms with Crippen LogP contribution in [0.1, 0.15) is 46.0 Å². The summed E-state index contributed by atoms with van der Waals surface area (Å²) in [5.74, 6) is 0. The maximum atomic E-state index is 10.5. The zero-order valence-corrected chi connectivity index (χ0v) is 9.38. The average molecular weight is 201 g/mol. The molecule has 0 aliphatic carbocycles. The molecule has 0 aromatic rings. The standard InChI is InChI=1S/C11H23NO2/c1-3-5-10(2,12)11(13)6-4-8-14-9-7-11/h13H,3-9,12H2,1-2H3. The van der Waals surface area contributed by atoms with Crippen molar-refractivity contribution < 1.29 is 9.84 Å². The summed E-state index contributed by atoms with van der Waals surface area (Å²) in [4.78, 5) is 0. The Bertz CT molecular complexity index is 172. The summed E-state index contributed by atoms with van der Waals surface area (Å²) in [6, 6.07) is 0. The molecule has 1 heterocycles. The van der Waals surface area contributed by atoms with Gasteiger partial charge in [-0.15, -0.1) is 0 Å². The Labute approximate surface area is 86.6 Å². The van der Waals surface area contributed by atoms with Gasteiger partial charge in [0.05, 0.1) is 5.60 Å². The maximum absolute atomic E-state index is 10.5. The van der Waals surface area contributed by atoms with Crippen molar-refractivity contribution in [2.75, 3.05) is 13.2 Å². The number of hydrogen-bond acceptors (Lipinski definition) is 3. The summed E-state index contributed by atoms with van der Waals surface area (Å²) in [5, 5.41) is 10.5. The summed E-state index contributed by atoms with van der Waals surface area (Å²) >= 11 is 0. The Morgan fingerprint density at radius 2 is 2.14 bits per heavy atom. The van der Waals surface area contributed by atoms with Gasteiger partial charge in [0.25, 0.3) is 0 Å². The fourth-order valence-corrected chi connectivity index (χ4v) is 2.26. The second-order valence-corrected chi connectivity index (χ2v) is 4.66. The second kappa shape index (κ2) is 4.60. The van der Waals surface area contributed by atoms with Crippen LogP contribution in [0.5, 0.6) is 0 Å². The van der Waals surface area contributed by atoms with E-state index in [0.29, 0.717) is 13.0 Å². The van der Waals surface area contributed by atoms with E-state index in [1.165, 1.54) is 0 Å². The topological polar surface area (TPSA) is 55.5 Å². The minimum absolute atomic E-state index is 0.477. The summed E-state index contributed by atoms with van der Waals surface area (Å²) in [5.41, 5.74) is 4.99. The van der Waals surface area contributed by atoms with Gasteiger partial charge in [-0.05, 0) is 26.2 Å². The monoisotopic (exact) mass is 201 g/mol. The molecule has 0 radical (unpaired) electrons. The van der Waals surface area contributed by atoms with Gasteiger partial charge in [0.1, 0.15) is 0 Å². The normalized spacial score (nSPS) is 33.4. The van der Waals surface area contributed by atoms with Crippen molar-refractivity contribution in [3.05, 3.63) is 0 Å². The van der Waals surface area contributed by atoms with Gasteiger partial charge >= 0.3 is 0 Å². The predicted molar refractivity (Wildman–Crippen MR) is 57.1 cm³/mol. The summed E-state index contributed by atoms with van der Waals surface area (Å²) in [7, 11) is 0. The van der Waals surface area contributed by atoms with Gasteiger partial charge in [-0.2, -0.15) is 0 Å². The van der Waals surface area contributed by atoms with Gasteiger partial charge in [0, 0.05) is 25.2 Å². The summed E-state index contributed by atoms with van der Waals surface area (Å²) in [6.07, 6.45) is 4.21. The molecule has 2 unspecified atom stereocenters. The molecule has 14 heavy (non-hydrogen) atoms. The highest BCUT2D eigenvalue weighted by atomic mass is 16.5. The van der Waals surface area contributed by atoms with E-state index in [4.69, 9.17) is 10.5 Å². The molecule has 1 aliphatic rings. The lowest BCUT2D eigenvalue weighted by Crippen LogP contribution is -2.58. The second-order valence-electron chi connectivity index (χ2n) is 4.66. The van der Waals surface area contributed by atoms with Crippen LogP contribution in [0, 0.1) is 0 Å². The molecule has 3 N–H and O–H groups in total. The van der Waals surface area contributed by atoms with E-state index in [9.17, 15) is 5.11 Å². The Hall–Kier alpha value is -0.120. The molecule has 84 valence electrons. The molecule has 3 nitrogen and oxygen atoms in total. The van der Waals surface area contributed by atoms with Crippen LogP contribution in [-0.2, 0) is 4.74 Å². The molecule has 0 aromatic carbocycles. The zero-order valence-electron chi connectivity index (χ0n) is 9.38. The van der Waals surface area contributed by atoms with Crippen LogP contribution >= 0.6 is 0 Å². The fourth-order valence-electron chi connectivity index (χ4n) is 2.26. The first-order valence-corrected chi connectivity index (χ1v) is 5.61.